The minimum atomic E-state index is -0.321. The van der Waals surface area contributed by atoms with Gasteiger partial charge in [0.2, 0.25) is 5.91 Å². The molecule has 0 bridgehead atoms. The first-order valence-electron chi connectivity index (χ1n) is 6.94. The Kier molecular flexibility index (Phi) is 7.79. The van der Waals surface area contributed by atoms with E-state index in [9.17, 15) is 9.59 Å². The van der Waals surface area contributed by atoms with Crippen molar-refractivity contribution in [2.75, 3.05) is 26.2 Å². The summed E-state index contributed by atoms with van der Waals surface area (Å²) < 4.78 is 4.87. The molecule has 1 N–H and O–H groups in total. The third-order valence-electron chi connectivity index (χ3n) is 2.91. The smallest absolute Gasteiger partial charge is 0.320 e. The van der Waals surface area contributed by atoms with Crippen LogP contribution in [0.1, 0.15) is 19.4 Å². The normalized spacial score (nSPS) is 10.5. The summed E-state index contributed by atoms with van der Waals surface area (Å²) in [4.78, 5) is 25.0. The first-order valence-corrected chi connectivity index (χ1v) is 7.32. The summed E-state index contributed by atoms with van der Waals surface area (Å²) in [5.41, 5.74) is 0.862. The topological polar surface area (TPSA) is 58.6 Å². The second-order valence-corrected chi connectivity index (χ2v) is 4.88. The first kappa shape index (κ1) is 17.5. The van der Waals surface area contributed by atoms with Crippen molar-refractivity contribution in [3.05, 3.63) is 34.9 Å². The van der Waals surface area contributed by atoms with Crippen LogP contribution in [0.15, 0.2) is 24.3 Å². The van der Waals surface area contributed by atoms with Gasteiger partial charge in [0, 0.05) is 11.6 Å². The number of esters is 1. The molecule has 0 radical (unpaired) electrons. The summed E-state index contributed by atoms with van der Waals surface area (Å²) in [5.74, 6) is -0.473. The number of carbonyl (C=O) groups excluding carboxylic acids is 2. The van der Waals surface area contributed by atoms with Crippen LogP contribution < -0.4 is 5.32 Å². The summed E-state index contributed by atoms with van der Waals surface area (Å²) in [6.45, 7) is 5.22. The van der Waals surface area contributed by atoms with Gasteiger partial charge in [0.25, 0.3) is 0 Å². The predicted octanol–water partition coefficient (Wildman–Crippen LogP) is 1.84. The van der Waals surface area contributed by atoms with E-state index in [1.807, 2.05) is 25.1 Å². The molecule has 5 nitrogen and oxygen atoms in total. The second kappa shape index (κ2) is 9.37. The van der Waals surface area contributed by atoms with E-state index in [0.717, 1.165) is 5.56 Å². The number of halogens is 1. The molecule has 21 heavy (non-hydrogen) atoms. The Balaban J connectivity index is 2.41. The Morgan fingerprint density at radius 2 is 1.95 bits per heavy atom. The van der Waals surface area contributed by atoms with Crippen molar-refractivity contribution in [1.29, 1.82) is 0 Å². The van der Waals surface area contributed by atoms with Gasteiger partial charge < -0.3 is 10.1 Å². The van der Waals surface area contributed by atoms with Gasteiger partial charge in [0.15, 0.2) is 0 Å². The minimum Gasteiger partial charge on any atom is -0.465 e. The maximum atomic E-state index is 11.9. The van der Waals surface area contributed by atoms with E-state index in [0.29, 0.717) is 24.7 Å². The maximum Gasteiger partial charge on any atom is 0.320 e. The van der Waals surface area contributed by atoms with Gasteiger partial charge in [-0.05, 0) is 25.1 Å². The minimum absolute atomic E-state index is 0.115. The van der Waals surface area contributed by atoms with E-state index in [1.165, 1.54) is 0 Å². The molecule has 1 amide bonds. The van der Waals surface area contributed by atoms with Crippen LogP contribution in [0.25, 0.3) is 0 Å². The fourth-order valence-electron chi connectivity index (χ4n) is 1.76. The highest BCUT2D eigenvalue weighted by molar-refractivity contribution is 6.31. The fourth-order valence-corrected chi connectivity index (χ4v) is 1.97. The molecular weight excluding hydrogens is 292 g/mol. The van der Waals surface area contributed by atoms with Crippen molar-refractivity contribution in [2.45, 2.75) is 20.4 Å². The van der Waals surface area contributed by atoms with E-state index >= 15 is 0 Å². The molecule has 0 spiro atoms. The van der Waals surface area contributed by atoms with Crippen LogP contribution in [0.5, 0.6) is 0 Å². The lowest BCUT2D eigenvalue weighted by atomic mass is 10.2. The fraction of sp³-hybridized carbons (Fsp3) is 0.467. The molecular formula is C15H21ClN2O3. The summed E-state index contributed by atoms with van der Waals surface area (Å²) >= 11 is 6.02. The van der Waals surface area contributed by atoms with Crippen LogP contribution >= 0.6 is 11.6 Å². The molecule has 0 unspecified atom stereocenters. The van der Waals surface area contributed by atoms with Crippen LogP contribution in [-0.2, 0) is 20.9 Å². The van der Waals surface area contributed by atoms with Gasteiger partial charge in [-0.1, -0.05) is 36.7 Å². The predicted molar refractivity (Wildman–Crippen MR) is 82.0 cm³/mol. The number of hydrogen-bond donors (Lipinski definition) is 1. The molecule has 6 heteroatoms. The third-order valence-corrected chi connectivity index (χ3v) is 3.28. The second-order valence-electron chi connectivity index (χ2n) is 4.48. The molecule has 1 rings (SSSR count). The quantitative estimate of drug-likeness (QED) is 0.744. The summed E-state index contributed by atoms with van der Waals surface area (Å²) in [7, 11) is 0. The standard InChI is InChI=1S/C15H21ClN2O3/c1-3-18(11-15(20)21-4-2)10-14(19)17-9-12-7-5-6-8-13(12)16/h5-8H,3-4,9-11H2,1-2H3,(H,17,19). The Labute approximate surface area is 130 Å². The van der Waals surface area contributed by atoms with E-state index < -0.39 is 0 Å². The van der Waals surface area contributed by atoms with Gasteiger partial charge in [-0.25, -0.2) is 0 Å². The van der Waals surface area contributed by atoms with Crippen molar-refractivity contribution in [1.82, 2.24) is 10.2 Å². The zero-order valence-electron chi connectivity index (χ0n) is 12.4. The molecule has 0 aromatic heterocycles. The zero-order valence-corrected chi connectivity index (χ0v) is 13.2. The van der Waals surface area contributed by atoms with Crippen molar-refractivity contribution < 1.29 is 14.3 Å². The lowest BCUT2D eigenvalue weighted by molar-refractivity contribution is -0.144. The van der Waals surface area contributed by atoms with Gasteiger partial charge in [-0.2, -0.15) is 0 Å². The molecule has 0 aliphatic carbocycles. The number of carbonyl (C=O) groups is 2. The molecule has 116 valence electrons. The molecule has 0 atom stereocenters. The molecule has 0 saturated carbocycles. The number of ether oxygens (including phenoxy) is 1. The van der Waals surface area contributed by atoms with Gasteiger partial charge >= 0.3 is 5.97 Å². The lowest BCUT2D eigenvalue weighted by Gasteiger charge is -2.18. The highest BCUT2D eigenvalue weighted by Crippen LogP contribution is 2.14. The first-order chi connectivity index (χ1) is 10.1. The molecule has 0 fully saturated rings. The van der Waals surface area contributed by atoms with Gasteiger partial charge in [0.1, 0.15) is 0 Å². The molecule has 0 heterocycles. The number of nitrogens with zero attached hydrogens (tertiary/aromatic N) is 1. The van der Waals surface area contributed by atoms with Crippen LogP contribution in [0.4, 0.5) is 0 Å². The highest BCUT2D eigenvalue weighted by atomic mass is 35.5. The van der Waals surface area contributed by atoms with Gasteiger partial charge in [-0.15, -0.1) is 0 Å². The Morgan fingerprint density at radius 3 is 2.57 bits per heavy atom. The average Bonchev–Trinajstić information content (AvgIpc) is 2.46. The van der Waals surface area contributed by atoms with Crippen LogP contribution in [-0.4, -0.2) is 43.0 Å². The molecule has 0 saturated heterocycles. The maximum absolute atomic E-state index is 11.9. The van der Waals surface area contributed by atoms with E-state index in [2.05, 4.69) is 5.32 Å². The van der Waals surface area contributed by atoms with Crippen molar-refractivity contribution in [2.24, 2.45) is 0 Å². The SMILES string of the molecule is CCOC(=O)CN(CC)CC(=O)NCc1ccccc1Cl. The zero-order chi connectivity index (χ0) is 15.7. The van der Waals surface area contributed by atoms with Crippen LogP contribution in [0, 0.1) is 0 Å². The molecule has 1 aromatic carbocycles. The average molecular weight is 313 g/mol. The number of likely N-dealkylation sites (N-methyl/N-ethyl adjacent to an activating group) is 1. The van der Waals surface area contributed by atoms with Gasteiger partial charge in [0.05, 0.1) is 19.7 Å². The number of amides is 1. The van der Waals surface area contributed by atoms with Crippen LogP contribution in [0.2, 0.25) is 5.02 Å². The number of rotatable bonds is 8. The number of hydrogen-bond acceptors (Lipinski definition) is 4. The van der Waals surface area contributed by atoms with E-state index in [1.54, 1.807) is 17.9 Å². The Hall–Kier alpha value is -1.59. The summed E-state index contributed by atoms with van der Waals surface area (Å²) in [5, 5.41) is 3.41. The van der Waals surface area contributed by atoms with E-state index in [4.69, 9.17) is 16.3 Å². The highest BCUT2D eigenvalue weighted by Gasteiger charge is 2.13. The lowest BCUT2D eigenvalue weighted by Crippen LogP contribution is -2.40. The van der Waals surface area contributed by atoms with Gasteiger partial charge in [-0.3, -0.25) is 14.5 Å². The molecule has 1 aromatic rings. The molecule has 0 aliphatic heterocycles. The van der Waals surface area contributed by atoms with Crippen molar-refractivity contribution >= 4 is 23.5 Å². The largest absolute Gasteiger partial charge is 0.465 e. The van der Waals surface area contributed by atoms with E-state index in [-0.39, 0.29) is 25.0 Å². The van der Waals surface area contributed by atoms with Crippen molar-refractivity contribution in [3.63, 3.8) is 0 Å². The van der Waals surface area contributed by atoms with Crippen LogP contribution in [0.3, 0.4) is 0 Å². The number of nitrogens with one attached hydrogen (secondary N) is 1. The number of benzene rings is 1. The summed E-state index contributed by atoms with van der Waals surface area (Å²) in [6.07, 6.45) is 0. The van der Waals surface area contributed by atoms with Crippen molar-refractivity contribution in [3.8, 4) is 0 Å². The summed E-state index contributed by atoms with van der Waals surface area (Å²) in [6, 6.07) is 7.35. The third kappa shape index (κ3) is 6.60. The molecule has 0 aliphatic rings. The monoisotopic (exact) mass is 312 g/mol. The Bertz CT molecular complexity index is 480. The Morgan fingerprint density at radius 1 is 1.24 bits per heavy atom.